The van der Waals surface area contributed by atoms with Gasteiger partial charge in [0.25, 0.3) is 0 Å². The molecule has 0 aromatic heterocycles. The Morgan fingerprint density at radius 1 is 0.857 bits per heavy atom. The van der Waals surface area contributed by atoms with Gasteiger partial charge in [-0.25, -0.2) is 0 Å². The minimum Gasteiger partial charge on any atom is -0.390 e. The summed E-state index contributed by atoms with van der Waals surface area (Å²) in [6.07, 6.45) is 1.62. The molecule has 2 aromatic carbocycles. The Labute approximate surface area is 127 Å². The predicted octanol–water partition coefficient (Wildman–Crippen LogP) is 2.53. The molecule has 2 N–H and O–H groups in total. The van der Waals surface area contributed by atoms with Crippen LogP contribution in [0.3, 0.4) is 0 Å². The molecule has 1 saturated heterocycles. The van der Waals surface area contributed by atoms with E-state index in [0.29, 0.717) is 12.1 Å². The van der Waals surface area contributed by atoms with Gasteiger partial charge < -0.3 is 10.0 Å². The zero-order chi connectivity index (χ0) is 14.9. The van der Waals surface area contributed by atoms with E-state index < -0.39 is 5.60 Å². The molecule has 1 fully saturated rings. The lowest BCUT2D eigenvalue weighted by Crippen LogP contribution is -3.11. The third kappa shape index (κ3) is 3.02. The molecule has 0 aliphatic carbocycles. The summed E-state index contributed by atoms with van der Waals surface area (Å²) in [6.45, 7) is 1.98. The Hall–Kier alpha value is -1.64. The van der Waals surface area contributed by atoms with Gasteiger partial charge in [0.1, 0.15) is 12.1 Å². The van der Waals surface area contributed by atoms with Gasteiger partial charge >= 0.3 is 0 Å². The Bertz CT molecular complexity index is 528. The molecule has 21 heavy (non-hydrogen) atoms. The average molecular weight is 282 g/mol. The van der Waals surface area contributed by atoms with Gasteiger partial charge in [-0.05, 0) is 6.92 Å². The molecule has 0 amide bonds. The van der Waals surface area contributed by atoms with E-state index in [0.717, 1.165) is 12.8 Å². The standard InChI is InChI=1S/C19H23NO/c1-19(21)13-17(15-9-5-3-6-10-15)20(2)18(14-19)16-11-7-4-8-12-16/h3-12,17-18,21H,13-14H2,1-2H3/p+1/t17-,18-/m1/s1. The molecule has 0 saturated carbocycles. The summed E-state index contributed by atoms with van der Waals surface area (Å²) >= 11 is 0. The number of hydrogen-bond donors (Lipinski definition) is 2. The molecule has 2 aromatic rings. The number of piperidine rings is 1. The highest BCUT2D eigenvalue weighted by Gasteiger charge is 2.43. The summed E-state index contributed by atoms with van der Waals surface area (Å²) in [4.78, 5) is 1.47. The van der Waals surface area contributed by atoms with Crippen molar-refractivity contribution in [3.63, 3.8) is 0 Å². The van der Waals surface area contributed by atoms with Crippen LogP contribution in [0.25, 0.3) is 0 Å². The van der Waals surface area contributed by atoms with Gasteiger partial charge in [-0.2, -0.15) is 0 Å². The van der Waals surface area contributed by atoms with Crippen molar-refractivity contribution in [2.45, 2.75) is 37.5 Å². The number of aliphatic hydroxyl groups is 1. The first-order valence-corrected chi connectivity index (χ1v) is 7.72. The van der Waals surface area contributed by atoms with Crippen molar-refractivity contribution >= 4 is 0 Å². The van der Waals surface area contributed by atoms with Gasteiger partial charge in [-0.15, -0.1) is 0 Å². The summed E-state index contributed by atoms with van der Waals surface area (Å²) < 4.78 is 0. The molecule has 0 unspecified atom stereocenters. The SMILES string of the molecule is C[NH+]1[C@@H](c2ccccc2)CC(C)(O)C[C@@H]1c1ccccc1. The highest BCUT2D eigenvalue weighted by molar-refractivity contribution is 5.21. The Morgan fingerprint density at radius 3 is 1.62 bits per heavy atom. The van der Waals surface area contributed by atoms with E-state index in [1.807, 2.05) is 6.92 Å². The Morgan fingerprint density at radius 2 is 1.24 bits per heavy atom. The van der Waals surface area contributed by atoms with Crippen molar-refractivity contribution < 1.29 is 10.0 Å². The molecule has 1 heterocycles. The van der Waals surface area contributed by atoms with Gasteiger partial charge in [0.2, 0.25) is 0 Å². The van der Waals surface area contributed by atoms with Crippen LogP contribution in [0.15, 0.2) is 60.7 Å². The molecular formula is C19H24NO+. The second-order valence-electron chi connectivity index (χ2n) is 6.58. The van der Waals surface area contributed by atoms with Gasteiger partial charge in [-0.3, -0.25) is 0 Å². The monoisotopic (exact) mass is 282 g/mol. The average Bonchev–Trinajstić information content (AvgIpc) is 2.51. The Kier molecular flexibility index (Phi) is 3.83. The normalized spacial score (nSPS) is 32.8. The molecule has 0 spiro atoms. The fourth-order valence-electron chi connectivity index (χ4n) is 3.66. The van der Waals surface area contributed by atoms with E-state index in [-0.39, 0.29) is 0 Å². The fourth-order valence-corrected chi connectivity index (χ4v) is 3.66. The van der Waals surface area contributed by atoms with E-state index in [9.17, 15) is 5.11 Å². The van der Waals surface area contributed by atoms with Crippen LogP contribution in [0.1, 0.15) is 43.0 Å². The van der Waals surface area contributed by atoms with Crippen molar-refractivity contribution in [3.8, 4) is 0 Å². The van der Waals surface area contributed by atoms with Gasteiger partial charge in [0.15, 0.2) is 0 Å². The smallest absolute Gasteiger partial charge is 0.116 e. The molecule has 2 nitrogen and oxygen atoms in total. The van der Waals surface area contributed by atoms with Gasteiger partial charge in [-0.1, -0.05) is 60.7 Å². The maximum Gasteiger partial charge on any atom is 0.116 e. The summed E-state index contributed by atoms with van der Waals surface area (Å²) in [7, 11) is 2.25. The molecule has 0 bridgehead atoms. The molecular weight excluding hydrogens is 258 g/mol. The second-order valence-corrected chi connectivity index (χ2v) is 6.58. The quantitative estimate of drug-likeness (QED) is 0.869. The van der Waals surface area contributed by atoms with Crippen LogP contribution in [0, 0.1) is 0 Å². The zero-order valence-electron chi connectivity index (χ0n) is 12.8. The van der Waals surface area contributed by atoms with Crippen LogP contribution < -0.4 is 4.90 Å². The molecule has 2 heteroatoms. The lowest BCUT2D eigenvalue weighted by molar-refractivity contribution is -0.952. The molecule has 1 aliphatic rings. The van der Waals surface area contributed by atoms with Crippen LogP contribution in [0.5, 0.6) is 0 Å². The zero-order valence-corrected chi connectivity index (χ0v) is 12.8. The number of benzene rings is 2. The van der Waals surface area contributed by atoms with Crippen LogP contribution in [0.2, 0.25) is 0 Å². The number of hydrogen-bond acceptors (Lipinski definition) is 1. The molecule has 110 valence electrons. The first kappa shape index (κ1) is 14.3. The van der Waals surface area contributed by atoms with Crippen molar-refractivity contribution in [3.05, 3.63) is 71.8 Å². The Balaban J connectivity index is 1.95. The van der Waals surface area contributed by atoms with Crippen molar-refractivity contribution in [1.82, 2.24) is 0 Å². The predicted molar refractivity (Wildman–Crippen MR) is 85.1 cm³/mol. The first-order valence-electron chi connectivity index (χ1n) is 7.72. The second kappa shape index (κ2) is 5.63. The van der Waals surface area contributed by atoms with E-state index in [1.165, 1.54) is 16.0 Å². The maximum atomic E-state index is 10.7. The number of likely N-dealkylation sites (tertiary alicyclic amines) is 1. The van der Waals surface area contributed by atoms with E-state index in [2.05, 4.69) is 67.7 Å². The minimum absolute atomic E-state index is 0.333. The van der Waals surface area contributed by atoms with E-state index in [1.54, 1.807) is 0 Å². The molecule has 1 aliphatic heterocycles. The van der Waals surface area contributed by atoms with Crippen molar-refractivity contribution in [2.24, 2.45) is 0 Å². The lowest BCUT2D eigenvalue weighted by atomic mass is 9.79. The number of rotatable bonds is 2. The van der Waals surface area contributed by atoms with Crippen LogP contribution in [-0.2, 0) is 0 Å². The largest absolute Gasteiger partial charge is 0.390 e. The summed E-state index contributed by atoms with van der Waals surface area (Å²) in [5.74, 6) is 0. The summed E-state index contributed by atoms with van der Waals surface area (Å²) in [6, 6.07) is 21.8. The highest BCUT2D eigenvalue weighted by Crippen LogP contribution is 2.34. The third-order valence-corrected chi connectivity index (χ3v) is 4.79. The minimum atomic E-state index is -0.611. The van der Waals surface area contributed by atoms with Crippen molar-refractivity contribution in [2.75, 3.05) is 7.05 Å². The lowest BCUT2D eigenvalue weighted by Gasteiger charge is -2.43. The molecule has 3 rings (SSSR count). The fraction of sp³-hybridized carbons (Fsp3) is 0.368. The van der Waals surface area contributed by atoms with E-state index in [4.69, 9.17) is 0 Å². The van der Waals surface area contributed by atoms with Crippen LogP contribution >= 0.6 is 0 Å². The van der Waals surface area contributed by atoms with Gasteiger partial charge in [0.05, 0.1) is 12.6 Å². The topological polar surface area (TPSA) is 24.7 Å². The van der Waals surface area contributed by atoms with Crippen molar-refractivity contribution in [1.29, 1.82) is 0 Å². The summed E-state index contributed by atoms with van der Waals surface area (Å²) in [5.41, 5.74) is 2.02. The molecule has 2 atom stereocenters. The number of quaternary nitrogens is 1. The molecule has 0 radical (unpaired) electrons. The maximum absolute atomic E-state index is 10.7. The van der Waals surface area contributed by atoms with Crippen LogP contribution in [-0.4, -0.2) is 17.8 Å². The first-order chi connectivity index (χ1) is 10.1. The van der Waals surface area contributed by atoms with E-state index >= 15 is 0 Å². The number of nitrogens with one attached hydrogen (secondary N) is 1. The van der Waals surface area contributed by atoms with Gasteiger partial charge in [0, 0.05) is 24.0 Å². The third-order valence-electron chi connectivity index (χ3n) is 4.79. The summed E-state index contributed by atoms with van der Waals surface area (Å²) in [5, 5.41) is 10.7. The highest BCUT2D eigenvalue weighted by atomic mass is 16.3. The van der Waals surface area contributed by atoms with Crippen LogP contribution in [0.4, 0.5) is 0 Å².